The molecule has 0 radical (unpaired) electrons. The van der Waals surface area contributed by atoms with Gasteiger partial charge in [0, 0.05) is 33.6 Å². The number of anilines is 1. The largest absolute Gasteiger partial charge is 0.354 e. The molecule has 0 aliphatic heterocycles. The van der Waals surface area contributed by atoms with E-state index in [0.717, 1.165) is 25.3 Å². The number of amides is 2. The van der Waals surface area contributed by atoms with Gasteiger partial charge in [-0.25, -0.2) is 4.31 Å². The zero-order chi connectivity index (χ0) is 29.3. The van der Waals surface area contributed by atoms with Crippen molar-refractivity contribution in [2.75, 3.05) is 31.5 Å². The molecule has 0 unspecified atom stereocenters. The van der Waals surface area contributed by atoms with Crippen LogP contribution in [0, 0.1) is 12.8 Å². The highest BCUT2D eigenvalue weighted by Crippen LogP contribution is 2.21. The third kappa shape index (κ3) is 8.40. The molecule has 1 N–H and O–H groups in total. The lowest BCUT2D eigenvalue weighted by Crippen LogP contribution is -2.54. The number of rotatable bonds is 13. The molecule has 0 aromatic heterocycles. The van der Waals surface area contributed by atoms with Crippen molar-refractivity contribution in [2.24, 2.45) is 5.92 Å². The number of hydrogen-bond acceptors (Lipinski definition) is 4. The van der Waals surface area contributed by atoms with Crippen LogP contribution in [0.3, 0.4) is 0 Å². The molecular weight excluding hydrogens is 524 g/mol. The summed E-state index contributed by atoms with van der Waals surface area (Å²) in [7, 11) is -1.15. The summed E-state index contributed by atoms with van der Waals surface area (Å²) in [5.74, 6) is -0.531. The lowest BCUT2D eigenvalue weighted by atomic mass is 10.0. The van der Waals surface area contributed by atoms with E-state index in [1.54, 1.807) is 30.3 Å². The Morgan fingerprint density at radius 1 is 0.825 bits per heavy atom. The molecule has 0 heterocycles. The van der Waals surface area contributed by atoms with E-state index in [2.05, 4.69) is 5.32 Å². The summed E-state index contributed by atoms with van der Waals surface area (Å²) in [6.45, 7) is 6.14. The monoisotopic (exact) mass is 564 g/mol. The van der Waals surface area contributed by atoms with Crippen LogP contribution in [-0.2, 0) is 32.8 Å². The second-order valence-electron chi connectivity index (χ2n) is 10.5. The zero-order valence-corrected chi connectivity index (χ0v) is 24.8. The molecule has 2 amide bonds. The molecule has 0 bridgehead atoms. The van der Waals surface area contributed by atoms with Crippen molar-refractivity contribution < 1.29 is 18.0 Å². The molecule has 0 aliphatic rings. The van der Waals surface area contributed by atoms with Crippen LogP contribution in [0.5, 0.6) is 0 Å². The quantitative estimate of drug-likeness (QED) is 0.340. The second-order valence-corrected chi connectivity index (χ2v) is 12.6. The van der Waals surface area contributed by atoms with E-state index in [1.807, 2.05) is 75.4 Å². The summed E-state index contributed by atoms with van der Waals surface area (Å²) in [5.41, 5.74) is 3.18. The second kappa shape index (κ2) is 14.1. The molecule has 0 fully saturated rings. The molecule has 3 aromatic rings. The Morgan fingerprint density at radius 2 is 1.40 bits per heavy atom. The number of aryl methyl sites for hydroxylation is 1. The standard InChI is InChI=1S/C31H40N4O4S/c1-24(2)21-32-31(37)29(20-26-12-8-6-9-13-26)34(22-27-18-16-25(3)17-19-27)30(36)23-35(40(38,39)33(4)5)28-14-10-7-11-15-28/h6-19,24,29H,20-23H2,1-5H3,(H,32,37)/t29-/m1/s1. The van der Waals surface area contributed by atoms with Crippen LogP contribution in [-0.4, -0.2) is 62.7 Å². The van der Waals surface area contributed by atoms with Crippen molar-refractivity contribution in [3.05, 3.63) is 102 Å². The van der Waals surface area contributed by atoms with Crippen molar-refractivity contribution in [1.82, 2.24) is 14.5 Å². The molecule has 214 valence electrons. The highest BCUT2D eigenvalue weighted by atomic mass is 32.2. The van der Waals surface area contributed by atoms with Crippen LogP contribution in [0.4, 0.5) is 5.69 Å². The molecule has 40 heavy (non-hydrogen) atoms. The van der Waals surface area contributed by atoms with E-state index < -0.39 is 28.7 Å². The Labute approximate surface area is 238 Å². The molecule has 3 rings (SSSR count). The van der Waals surface area contributed by atoms with E-state index >= 15 is 0 Å². The molecule has 0 saturated heterocycles. The molecule has 0 saturated carbocycles. The number of nitrogens with zero attached hydrogens (tertiary/aromatic N) is 3. The molecule has 0 aliphatic carbocycles. The highest BCUT2D eigenvalue weighted by Gasteiger charge is 2.34. The highest BCUT2D eigenvalue weighted by molar-refractivity contribution is 7.90. The number of carbonyl (C=O) groups is 2. The molecular formula is C31H40N4O4S. The molecule has 9 heteroatoms. The lowest BCUT2D eigenvalue weighted by molar-refractivity contribution is -0.140. The van der Waals surface area contributed by atoms with Gasteiger partial charge in [0.25, 0.3) is 0 Å². The first-order chi connectivity index (χ1) is 19.0. The number of carbonyl (C=O) groups excluding carboxylic acids is 2. The van der Waals surface area contributed by atoms with E-state index in [9.17, 15) is 18.0 Å². The summed E-state index contributed by atoms with van der Waals surface area (Å²) in [6.07, 6.45) is 0.286. The van der Waals surface area contributed by atoms with E-state index in [0.29, 0.717) is 12.2 Å². The van der Waals surface area contributed by atoms with Crippen LogP contribution < -0.4 is 9.62 Å². The fourth-order valence-electron chi connectivity index (χ4n) is 4.18. The molecule has 3 aromatic carbocycles. The average molecular weight is 565 g/mol. The lowest BCUT2D eigenvalue weighted by Gasteiger charge is -2.34. The van der Waals surface area contributed by atoms with E-state index in [4.69, 9.17) is 0 Å². The summed E-state index contributed by atoms with van der Waals surface area (Å²) in [5, 5.41) is 2.99. The first-order valence-corrected chi connectivity index (χ1v) is 14.8. The van der Waals surface area contributed by atoms with Gasteiger partial charge in [-0.1, -0.05) is 92.2 Å². The third-order valence-electron chi connectivity index (χ3n) is 6.49. The van der Waals surface area contributed by atoms with Crippen molar-refractivity contribution in [3.8, 4) is 0 Å². The molecule has 8 nitrogen and oxygen atoms in total. The van der Waals surface area contributed by atoms with Crippen molar-refractivity contribution in [2.45, 2.75) is 39.8 Å². The van der Waals surface area contributed by atoms with Gasteiger partial charge in [-0.05, 0) is 36.1 Å². The van der Waals surface area contributed by atoms with Crippen LogP contribution in [0.1, 0.15) is 30.5 Å². The van der Waals surface area contributed by atoms with Crippen molar-refractivity contribution in [1.29, 1.82) is 0 Å². The fraction of sp³-hybridized carbons (Fsp3) is 0.355. The normalized spacial score (nSPS) is 12.3. The number of para-hydroxylation sites is 1. The first-order valence-electron chi connectivity index (χ1n) is 13.4. The summed E-state index contributed by atoms with van der Waals surface area (Å²) >= 11 is 0. The van der Waals surface area contributed by atoms with Crippen molar-refractivity contribution in [3.63, 3.8) is 0 Å². The average Bonchev–Trinajstić information content (AvgIpc) is 2.94. The predicted molar refractivity (Wildman–Crippen MR) is 160 cm³/mol. The van der Waals surface area contributed by atoms with Gasteiger partial charge in [-0.3, -0.25) is 9.59 Å². The third-order valence-corrected chi connectivity index (χ3v) is 8.31. The number of nitrogens with one attached hydrogen (secondary N) is 1. The van der Waals surface area contributed by atoms with Gasteiger partial charge in [0.05, 0.1) is 5.69 Å². The number of hydrogen-bond donors (Lipinski definition) is 1. The molecule has 0 spiro atoms. The van der Waals surface area contributed by atoms with E-state index in [-0.39, 0.29) is 24.8 Å². The van der Waals surface area contributed by atoms with Crippen LogP contribution in [0.15, 0.2) is 84.9 Å². The smallest absolute Gasteiger partial charge is 0.304 e. The minimum Gasteiger partial charge on any atom is -0.354 e. The molecule has 1 atom stereocenters. The van der Waals surface area contributed by atoms with Gasteiger partial charge in [0.1, 0.15) is 12.6 Å². The predicted octanol–water partition coefficient (Wildman–Crippen LogP) is 4.02. The Balaban J connectivity index is 2.06. The van der Waals surface area contributed by atoms with Crippen LogP contribution >= 0.6 is 0 Å². The van der Waals surface area contributed by atoms with Crippen LogP contribution in [0.25, 0.3) is 0 Å². The minimum absolute atomic E-state index is 0.149. The van der Waals surface area contributed by atoms with Gasteiger partial charge in [-0.2, -0.15) is 12.7 Å². The maximum Gasteiger partial charge on any atom is 0.304 e. The number of benzene rings is 3. The van der Waals surface area contributed by atoms with Crippen LogP contribution in [0.2, 0.25) is 0 Å². The van der Waals surface area contributed by atoms with Gasteiger partial charge >= 0.3 is 10.2 Å². The first kappa shape index (κ1) is 30.8. The Hall–Kier alpha value is -3.69. The Kier molecular flexibility index (Phi) is 10.9. The van der Waals surface area contributed by atoms with Crippen molar-refractivity contribution >= 4 is 27.7 Å². The fourth-order valence-corrected chi connectivity index (χ4v) is 5.23. The van der Waals surface area contributed by atoms with Gasteiger partial charge < -0.3 is 10.2 Å². The summed E-state index contributed by atoms with van der Waals surface area (Å²) in [6, 6.07) is 25.0. The van der Waals surface area contributed by atoms with Gasteiger partial charge in [-0.15, -0.1) is 0 Å². The topological polar surface area (TPSA) is 90.0 Å². The summed E-state index contributed by atoms with van der Waals surface area (Å²) in [4.78, 5) is 29.3. The SMILES string of the molecule is Cc1ccc(CN(C(=O)CN(c2ccccc2)S(=O)(=O)N(C)C)[C@H](Cc2ccccc2)C(=O)NCC(C)C)cc1. The minimum atomic E-state index is -4.01. The van der Waals surface area contributed by atoms with Gasteiger partial charge in [0.2, 0.25) is 11.8 Å². The maximum absolute atomic E-state index is 14.2. The summed E-state index contributed by atoms with van der Waals surface area (Å²) < 4.78 is 28.9. The maximum atomic E-state index is 14.2. The zero-order valence-electron chi connectivity index (χ0n) is 23.9. The Bertz CT molecular complexity index is 1350. The van der Waals surface area contributed by atoms with Gasteiger partial charge in [0.15, 0.2) is 0 Å². The Morgan fingerprint density at radius 3 is 1.95 bits per heavy atom. The van der Waals surface area contributed by atoms with E-state index in [1.165, 1.54) is 19.0 Å².